The van der Waals surface area contributed by atoms with Crippen molar-refractivity contribution < 1.29 is 13.2 Å². The van der Waals surface area contributed by atoms with Gasteiger partial charge in [0.05, 0.1) is 4.90 Å². The fourth-order valence-corrected chi connectivity index (χ4v) is 3.94. The molecule has 0 bridgehead atoms. The molecule has 1 aromatic rings. The Morgan fingerprint density at radius 3 is 2.88 bits per heavy atom. The summed E-state index contributed by atoms with van der Waals surface area (Å²) in [7, 11) is -3.50. The average Bonchev–Trinajstić information content (AvgIpc) is 3.37. The molecule has 0 saturated heterocycles. The van der Waals surface area contributed by atoms with E-state index in [1.807, 2.05) is 0 Å². The maximum Gasteiger partial charge on any atom is 0.263 e. The summed E-state index contributed by atoms with van der Waals surface area (Å²) in [6.45, 7) is 0.902. The first-order chi connectivity index (χ1) is 11.5. The summed E-state index contributed by atoms with van der Waals surface area (Å²) < 4.78 is 26.3. The Hall–Kier alpha value is -1.93. The highest BCUT2D eigenvalue weighted by atomic mass is 32.2. The number of carbonyl (C=O) groups is 1. The normalized spacial score (nSPS) is 21.1. The predicted octanol–water partition coefficient (Wildman–Crippen LogP) is 0.359. The Balaban J connectivity index is 1.46. The number of amides is 1. The zero-order chi connectivity index (χ0) is 17.2. The van der Waals surface area contributed by atoms with Crippen molar-refractivity contribution in [2.24, 2.45) is 16.6 Å². The molecule has 1 fully saturated rings. The molecule has 8 heteroatoms. The van der Waals surface area contributed by atoms with Crippen molar-refractivity contribution in [1.29, 1.82) is 0 Å². The van der Waals surface area contributed by atoms with Crippen LogP contribution in [0.3, 0.4) is 0 Å². The number of hydrogen-bond donors (Lipinski definition) is 3. The second-order valence-corrected chi connectivity index (χ2v) is 7.89. The first kappa shape index (κ1) is 16.9. The van der Waals surface area contributed by atoms with E-state index in [1.54, 1.807) is 24.3 Å². The lowest BCUT2D eigenvalue weighted by Crippen LogP contribution is -2.38. The zero-order valence-electron chi connectivity index (χ0n) is 13.4. The highest BCUT2D eigenvalue weighted by molar-refractivity contribution is 7.90. The molecule has 1 aliphatic heterocycles. The van der Waals surface area contributed by atoms with Crippen molar-refractivity contribution in [2.75, 3.05) is 13.1 Å². The number of nitrogens with two attached hydrogens (primary N) is 1. The summed E-state index contributed by atoms with van der Waals surface area (Å²) in [6.07, 6.45) is 3.22. The first-order valence-corrected chi connectivity index (χ1v) is 9.64. The molecule has 1 aliphatic carbocycles. The Labute approximate surface area is 141 Å². The molecule has 1 unspecified atom stereocenters. The van der Waals surface area contributed by atoms with Crippen molar-refractivity contribution in [2.45, 2.75) is 36.6 Å². The third kappa shape index (κ3) is 3.93. The molecule has 2 aliphatic rings. The number of benzene rings is 1. The minimum absolute atomic E-state index is 0.0429. The highest BCUT2D eigenvalue weighted by Gasteiger charge is 2.30. The van der Waals surface area contributed by atoms with Crippen LogP contribution in [0.15, 0.2) is 34.2 Å². The van der Waals surface area contributed by atoms with Gasteiger partial charge in [0, 0.05) is 31.1 Å². The van der Waals surface area contributed by atoms with Gasteiger partial charge in [-0.25, -0.2) is 8.42 Å². The Morgan fingerprint density at radius 2 is 2.12 bits per heavy atom. The first-order valence-electron chi connectivity index (χ1n) is 8.16. The number of carbonyl (C=O) groups excluding carboxylic acids is 1. The average molecular weight is 350 g/mol. The number of aliphatic imine (C=N–C) groups is 1. The van der Waals surface area contributed by atoms with Crippen LogP contribution in [0, 0.1) is 5.92 Å². The van der Waals surface area contributed by atoms with E-state index in [4.69, 9.17) is 5.73 Å². The molecule has 24 heavy (non-hydrogen) atoms. The quantitative estimate of drug-likeness (QED) is 0.616. The third-order valence-corrected chi connectivity index (χ3v) is 5.65. The maximum atomic E-state index is 11.9. The van der Waals surface area contributed by atoms with Gasteiger partial charge in [0.25, 0.3) is 10.0 Å². The lowest BCUT2D eigenvalue weighted by Gasteiger charge is -2.11. The van der Waals surface area contributed by atoms with Crippen LogP contribution >= 0.6 is 0 Å². The van der Waals surface area contributed by atoms with Crippen molar-refractivity contribution in [3.63, 3.8) is 0 Å². The standard InChI is InChI=1S/C16H22N4O3S/c17-13(11-7-8-11)10-19-15(21)6-3-9-18-16-12-4-1-2-5-14(12)24(22,23)20-16/h1-2,4-5,11,13H,3,6-10,17H2,(H,18,20)(H,19,21). The summed E-state index contributed by atoms with van der Waals surface area (Å²) in [5.74, 6) is 0.868. The molecule has 7 nitrogen and oxygen atoms in total. The summed E-state index contributed by atoms with van der Waals surface area (Å²) >= 11 is 0. The van der Waals surface area contributed by atoms with Gasteiger partial charge >= 0.3 is 0 Å². The van der Waals surface area contributed by atoms with Crippen molar-refractivity contribution in [3.05, 3.63) is 29.8 Å². The SMILES string of the molecule is NC(CNC(=O)CCCN=C1NS(=O)(=O)c2ccccc21)C1CC1. The monoisotopic (exact) mass is 350 g/mol. The topological polar surface area (TPSA) is 114 Å². The van der Waals surface area contributed by atoms with Crippen LogP contribution in [-0.2, 0) is 14.8 Å². The lowest BCUT2D eigenvalue weighted by molar-refractivity contribution is -0.121. The number of sulfonamides is 1. The maximum absolute atomic E-state index is 11.9. The smallest absolute Gasteiger partial charge is 0.263 e. The Morgan fingerprint density at radius 1 is 1.38 bits per heavy atom. The fraction of sp³-hybridized carbons (Fsp3) is 0.500. The predicted molar refractivity (Wildman–Crippen MR) is 91.1 cm³/mol. The lowest BCUT2D eigenvalue weighted by atomic mass is 10.2. The summed E-state index contributed by atoms with van der Waals surface area (Å²) in [4.78, 5) is 16.3. The van der Waals surface area contributed by atoms with Gasteiger partial charge in [0.2, 0.25) is 5.91 Å². The Bertz CT molecular complexity index is 756. The van der Waals surface area contributed by atoms with Crippen LogP contribution in [0.25, 0.3) is 0 Å². The van der Waals surface area contributed by atoms with Crippen molar-refractivity contribution in [1.82, 2.24) is 10.0 Å². The van der Waals surface area contributed by atoms with E-state index >= 15 is 0 Å². The molecule has 1 heterocycles. The van der Waals surface area contributed by atoms with Gasteiger partial charge in [-0.05, 0) is 37.3 Å². The van der Waals surface area contributed by atoms with Crippen molar-refractivity contribution >= 4 is 21.8 Å². The van der Waals surface area contributed by atoms with Crippen LogP contribution in [-0.4, -0.2) is 39.3 Å². The number of amidine groups is 1. The number of rotatable bonds is 7. The molecule has 130 valence electrons. The van der Waals surface area contributed by atoms with E-state index < -0.39 is 10.0 Å². The molecule has 0 radical (unpaired) electrons. The molecule has 0 spiro atoms. The van der Waals surface area contributed by atoms with Gasteiger partial charge < -0.3 is 11.1 Å². The largest absolute Gasteiger partial charge is 0.355 e. The molecule has 0 aromatic heterocycles. The van der Waals surface area contributed by atoms with Gasteiger partial charge in [-0.3, -0.25) is 14.5 Å². The van der Waals surface area contributed by atoms with Gasteiger partial charge in [0.15, 0.2) is 0 Å². The van der Waals surface area contributed by atoms with Crippen LogP contribution < -0.4 is 15.8 Å². The molecule has 1 atom stereocenters. The molecular weight excluding hydrogens is 328 g/mol. The van der Waals surface area contributed by atoms with E-state index in [0.29, 0.717) is 43.2 Å². The van der Waals surface area contributed by atoms with Crippen LogP contribution in [0.5, 0.6) is 0 Å². The zero-order valence-corrected chi connectivity index (χ0v) is 14.2. The molecule has 1 saturated carbocycles. The van der Waals surface area contributed by atoms with E-state index in [-0.39, 0.29) is 16.8 Å². The minimum atomic E-state index is -3.50. The Kier molecular flexibility index (Phi) is 4.86. The van der Waals surface area contributed by atoms with Gasteiger partial charge in [0.1, 0.15) is 5.84 Å². The molecular formula is C16H22N4O3S. The molecule has 4 N–H and O–H groups in total. The van der Waals surface area contributed by atoms with Gasteiger partial charge in [-0.15, -0.1) is 0 Å². The number of nitrogens with one attached hydrogen (secondary N) is 2. The number of fused-ring (bicyclic) bond motifs is 1. The fourth-order valence-electron chi connectivity index (χ4n) is 2.69. The molecule has 1 aromatic carbocycles. The van der Waals surface area contributed by atoms with E-state index in [2.05, 4.69) is 15.0 Å². The number of nitrogens with zero attached hydrogens (tertiary/aromatic N) is 1. The van der Waals surface area contributed by atoms with Crippen LogP contribution in [0.4, 0.5) is 0 Å². The van der Waals surface area contributed by atoms with Crippen molar-refractivity contribution in [3.8, 4) is 0 Å². The second-order valence-electron chi connectivity index (χ2n) is 6.24. The van der Waals surface area contributed by atoms with E-state index in [1.165, 1.54) is 0 Å². The van der Waals surface area contributed by atoms with E-state index in [0.717, 1.165) is 12.8 Å². The van der Waals surface area contributed by atoms with Gasteiger partial charge in [-0.1, -0.05) is 12.1 Å². The second kappa shape index (κ2) is 6.90. The summed E-state index contributed by atoms with van der Waals surface area (Å²) in [5, 5.41) is 2.84. The minimum Gasteiger partial charge on any atom is -0.355 e. The van der Waals surface area contributed by atoms with Gasteiger partial charge in [-0.2, -0.15) is 0 Å². The summed E-state index contributed by atoms with van der Waals surface area (Å²) in [6, 6.07) is 6.78. The molecule has 3 rings (SSSR count). The molecule has 1 amide bonds. The highest BCUT2D eigenvalue weighted by Crippen LogP contribution is 2.31. The van der Waals surface area contributed by atoms with Crippen LogP contribution in [0.2, 0.25) is 0 Å². The summed E-state index contributed by atoms with van der Waals surface area (Å²) in [5.41, 5.74) is 6.51. The number of hydrogen-bond acceptors (Lipinski definition) is 5. The third-order valence-electron chi connectivity index (χ3n) is 4.26. The van der Waals surface area contributed by atoms with Crippen LogP contribution in [0.1, 0.15) is 31.2 Å². The van der Waals surface area contributed by atoms with E-state index in [9.17, 15) is 13.2 Å².